The zero-order valence-electron chi connectivity index (χ0n) is 9.41. The van der Waals surface area contributed by atoms with Crippen molar-refractivity contribution in [3.63, 3.8) is 0 Å². The molecule has 0 amide bonds. The first-order valence-electron chi connectivity index (χ1n) is 5.18. The summed E-state index contributed by atoms with van der Waals surface area (Å²) in [5.74, 6) is -0.385. The van der Waals surface area contributed by atoms with Crippen molar-refractivity contribution < 1.29 is 18.0 Å². The third kappa shape index (κ3) is 3.29. The smallest absolute Gasteiger partial charge is 0.352 e. The third-order valence-corrected chi connectivity index (χ3v) is 3.09. The van der Waals surface area contributed by atoms with Gasteiger partial charge in [0.25, 0.3) is 0 Å². The Labute approximate surface area is 110 Å². The van der Waals surface area contributed by atoms with Gasteiger partial charge in [0.1, 0.15) is 6.42 Å². The Balaban J connectivity index is 2.34. The van der Waals surface area contributed by atoms with Gasteiger partial charge in [0.2, 0.25) is 0 Å². The number of aromatic amines is 1. The molecule has 0 saturated carbocycles. The number of halogens is 3. The summed E-state index contributed by atoms with van der Waals surface area (Å²) in [4.78, 5) is 14.3. The predicted molar refractivity (Wildman–Crippen MR) is 64.8 cm³/mol. The lowest BCUT2D eigenvalue weighted by atomic mass is 10.2. The van der Waals surface area contributed by atoms with Gasteiger partial charge in [-0.15, -0.1) is 0 Å². The first-order valence-corrected chi connectivity index (χ1v) is 5.99. The normalized spacial score (nSPS) is 11.5. The number of carbonyl (C=O) groups is 1. The van der Waals surface area contributed by atoms with Crippen molar-refractivity contribution in [2.24, 2.45) is 0 Å². The fraction of sp³-hybridized carbons (Fsp3) is 0.167. The van der Waals surface area contributed by atoms with Gasteiger partial charge in [0.15, 0.2) is 5.78 Å². The lowest BCUT2D eigenvalue weighted by Crippen LogP contribution is -1.98. The molecular formula is C12H7F3N2OS. The first-order chi connectivity index (χ1) is 8.89. The third-order valence-electron chi connectivity index (χ3n) is 2.37. The lowest BCUT2D eigenvalue weighted by Gasteiger charge is -2.04. The number of thioether (sulfide) groups is 1. The van der Waals surface area contributed by atoms with Crippen LogP contribution in [0, 0.1) is 11.3 Å². The minimum Gasteiger partial charge on any atom is -0.352 e. The maximum Gasteiger partial charge on any atom is 0.446 e. The SMILES string of the molecule is N#CCC(=O)c1cc2cc(SC(F)(F)F)ccc2[nH]1. The molecule has 19 heavy (non-hydrogen) atoms. The summed E-state index contributed by atoms with van der Waals surface area (Å²) in [6.07, 6.45) is -0.267. The molecule has 0 saturated heterocycles. The van der Waals surface area contributed by atoms with Crippen LogP contribution in [0.2, 0.25) is 0 Å². The maximum atomic E-state index is 12.2. The van der Waals surface area contributed by atoms with Crippen molar-refractivity contribution in [1.29, 1.82) is 5.26 Å². The number of H-pyrrole nitrogens is 1. The molecule has 0 spiro atoms. The van der Waals surface area contributed by atoms with Crippen LogP contribution in [0.4, 0.5) is 13.2 Å². The molecule has 0 fully saturated rings. The minimum absolute atomic E-state index is 0.0540. The average Bonchev–Trinajstić information content (AvgIpc) is 2.70. The minimum atomic E-state index is -4.34. The molecule has 0 aliphatic heterocycles. The number of hydrogen-bond donors (Lipinski definition) is 1. The van der Waals surface area contributed by atoms with E-state index in [4.69, 9.17) is 5.26 Å². The van der Waals surface area contributed by atoms with E-state index in [9.17, 15) is 18.0 Å². The molecular weight excluding hydrogens is 277 g/mol. The lowest BCUT2D eigenvalue weighted by molar-refractivity contribution is -0.0328. The zero-order valence-corrected chi connectivity index (χ0v) is 10.2. The molecule has 0 radical (unpaired) electrons. The zero-order chi connectivity index (χ0) is 14.0. The molecule has 2 rings (SSSR count). The number of alkyl halides is 3. The second-order valence-corrected chi connectivity index (χ2v) is 4.88. The highest BCUT2D eigenvalue weighted by molar-refractivity contribution is 8.00. The summed E-state index contributed by atoms with van der Waals surface area (Å²) in [6.45, 7) is 0. The Morgan fingerprint density at radius 3 is 2.74 bits per heavy atom. The summed E-state index contributed by atoms with van der Waals surface area (Å²) in [5, 5.41) is 8.94. The monoisotopic (exact) mass is 284 g/mol. The molecule has 3 nitrogen and oxygen atoms in total. The van der Waals surface area contributed by atoms with Crippen LogP contribution in [0.15, 0.2) is 29.2 Å². The number of nitrogens with one attached hydrogen (secondary N) is 1. The van der Waals surface area contributed by atoms with Crippen LogP contribution in [-0.2, 0) is 0 Å². The van der Waals surface area contributed by atoms with Gasteiger partial charge in [-0.05, 0) is 36.0 Å². The highest BCUT2D eigenvalue weighted by Crippen LogP contribution is 2.37. The fourth-order valence-corrected chi connectivity index (χ4v) is 2.21. The van der Waals surface area contributed by atoms with Gasteiger partial charge in [0.05, 0.1) is 11.8 Å². The highest BCUT2D eigenvalue weighted by atomic mass is 32.2. The first kappa shape index (κ1) is 13.5. The summed E-state index contributed by atoms with van der Waals surface area (Å²) in [6, 6.07) is 7.35. The van der Waals surface area contributed by atoms with E-state index in [2.05, 4.69) is 4.98 Å². The van der Waals surface area contributed by atoms with Crippen molar-refractivity contribution in [3.05, 3.63) is 30.0 Å². The molecule has 98 valence electrons. The van der Waals surface area contributed by atoms with Crippen molar-refractivity contribution in [2.45, 2.75) is 16.8 Å². The number of nitriles is 1. The van der Waals surface area contributed by atoms with Gasteiger partial charge >= 0.3 is 5.51 Å². The Hall–Kier alpha value is -1.94. The molecule has 0 atom stereocenters. The van der Waals surface area contributed by atoms with Crippen molar-refractivity contribution >= 4 is 28.4 Å². The summed E-state index contributed by atoms with van der Waals surface area (Å²) < 4.78 is 36.7. The van der Waals surface area contributed by atoms with Gasteiger partial charge in [-0.2, -0.15) is 18.4 Å². The van der Waals surface area contributed by atoms with E-state index < -0.39 is 5.51 Å². The molecule has 0 unspecified atom stereocenters. The van der Waals surface area contributed by atoms with Crippen LogP contribution in [0.5, 0.6) is 0 Å². The van der Waals surface area contributed by atoms with Gasteiger partial charge in [-0.1, -0.05) is 0 Å². The standard InChI is InChI=1S/C12H7F3N2OS/c13-12(14,15)19-8-1-2-9-7(5-8)6-10(17-9)11(18)3-4-16/h1-2,5-6,17H,3H2. The summed E-state index contributed by atoms with van der Waals surface area (Å²) >= 11 is -0.208. The second-order valence-electron chi connectivity index (χ2n) is 3.74. The second kappa shape index (κ2) is 4.97. The van der Waals surface area contributed by atoms with Crippen LogP contribution in [0.3, 0.4) is 0 Å². The maximum absolute atomic E-state index is 12.2. The number of fused-ring (bicyclic) bond motifs is 1. The number of ketones is 1. The molecule has 2 aromatic rings. The molecule has 0 aliphatic rings. The van der Waals surface area contributed by atoms with Crippen LogP contribution < -0.4 is 0 Å². The number of Topliss-reactive ketones (excluding diaryl/α,β-unsaturated/α-hetero) is 1. The van der Waals surface area contributed by atoms with Crippen molar-refractivity contribution in [3.8, 4) is 6.07 Å². The predicted octanol–water partition coefficient (Wildman–Crippen LogP) is 3.88. The molecule has 1 aromatic heterocycles. The van der Waals surface area contributed by atoms with E-state index in [1.807, 2.05) is 0 Å². The number of rotatable bonds is 3. The van der Waals surface area contributed by atoms with Crippen LogP contribution in [0.25, 0.3) is 10.9 Å². The summed E-state index contributed by atoms with van der Waals surface area (Å²) in [7, 11) is 0. The average molecular weight is 284 g/mol. The Kier molecular flexibility index (Phi) is 3.53. The van der Waals surface area contributed by atoms with Gasteiger partial charge in [-0.25, -0.2) is 0 Å². The van der Waals surface area contributed by atoms with E-state index in [0.29, 0.717) is 10.9 Å². The number of hydrogen-bond acceptors (Lipinski definition) is 3. The highest BCUT2D eigenvalue weighted by Gasteiger charge is 2.29. The van der Waals surface area contributed by atoms with Crippen LogP contribution >= 0.6 is 11.8 Å². The Morgan fingerprint density at radius 1 is 1.37 bits per heavy atom. The van der Waals surface area contributed by atoms with Gasteiger partial charge < -0.3 is 4.98 Å². The molecule has 1 aromatic carbocycles. The largest absolute Gasteiger partial charge is 0.446 e. The molecule has 1 heterocycles. The van der Waals surface area contributed by atoms with Gasteiger partial charge in [0, 0.05) is 15.8 Å². The van der Waals surface area contributed by atoms with Gasteiger partial charge in [-0.3, -0.25) is 4.79 Å². The number of carbonyl (C=O) groups excluding carboxylic acids is 1. The molecule has 7 heteroatoms. The van der Waals surface area contributed by atoms with Crippen LogP contribution in [-0.4, -0.2) is 16.3 Å². The van der Waals surface area contributed by atoms with E-state index in [0.717, 1.165) is 0 Å². The van der Waals surface area contributed by atoms with Crippen molar-refractivity contribution in [2.75, 3.05) is 0 Å². The quantitative estimate of drug-likeness (QED) is 0.687. The van der Waals surface area contributed by atoms with E-state index in [1.54, 1.807) is 6.07 Å². The number of aromatic nitrogens is 1. The summed E-state index contributed by atoms with van der Waals surface area (Å²) in [5.41, 5.74) is -3.55. The topological polar surface area (TPSA) is 56.6 Å². The number of benzene rings is 1. The van der Waals surface area contributed by atoms with E-state index >= 15 is 0 Å². The van der Waals surface area contributed by atoms with E-state index in [1.165, 1.54) is 24.3 Å². The molecule has 0 bridgehead atoms. The van der Waals surface area contributed by atoms with Crippen molar-refractivity contribution in [1.82, 2.24) is 4.98 Å². The Morgan fingerprint density at radius 2 is 2.11 bits per heavy atom. The Bertz CT molecular complexity index is 670. The number of nitrogens with zero attached hydrogens (tertiary/aromatic N) is 1. The molecule has 1 N–H and O–H groups in total. The van der Waals surface area contributed by atoms with Crippen LogP contribution in [0.1, 0.15) is 16.9 Å². The fourth-order valence-electron chi connectivity index (χ4n) is 1.63. The van der Waals surface area contributed by atoms with E-state index in [-0.39, 0.29) is 34.6 Å². The molecule has 0 aliphatic carbocycles.